The Bertz CT molecular complexity index is 582. The third kappa shape index (κ3) is 3.65. The van der Waals surface area contributed by atoms with Crippen LogP contribution in [-0.2, 0) is 16.0 Å². The van der Waals surface area contributed by atoms with Gasteiger partial charge in [0.15, 0.2) is 10.9 Å². The number of nitrogens with one attached hydrogen (secondary N) is 2. The van der Waals surface area contributed by atoms with E-state index in [1.807, 2.05) is 0 Å². The lowest BCUT2D eigenvalue weighted by molar-refractivity contribution is -0.120. The molecule has 1 aromatic heterocycles. The van der Waals surface area contributed by atoms with Gasteiger partial charge >= 0.3 is 0 Å². The third-order valence-corrected chi connectivity index (χ3v) is 4.76. The van der Waals surface area contributed by atoms with Gasteiger partial charge in [0.25, 0.3) is 0 Å². The molecular formula is C14H20ClN3O3S. The van der Waals surface area contributed by atoms with Crippen molar-refractivity contribution in [3.63, 3.8) is 0 Å². The molecule has 1 unspecified atom stereocenters. The van der Waals surface area contributed by atoms with Crippen LogP contribution in [0.25, 0.3) is 0 Å². The Labute approximate surface area is 139 Å². The van der Waals surface area contributed by atoms with Gasteiger partial charge in [0.05, 0.1) is 23.8 Å². The van der Waals surface area contributed by atoms with Crippen molar-refractivity contribution in [3.05, 3.63) is 10.6 Å². The number of hydrogen-bond acceptors (Lipinski definition) is 6. The Hall–Kier alpha value is -1.02. The van der Waals surface area contributed by atoms with Gasteiger partial charge in [-0.3, -0.25) is 9.59 Å². The second-order valence-corrected chi connectivity index (χ2v) is 7.31. The number of carbonyl (C=O) groups is 2. The predicted molar refractivity (Wildman–Crippen MR) is 87.0 cm³/mol. The van der Waals surface area contributed by atoms with E-state index >= 15 is 0 Å². The van der Waals surface area contributed by atoms with Gasteiger partial charge in [-0.05, 0) is 11.8 Å². The zero-order valence-electron chi connectivity index (χ0n) is 12.6. The smallest absolute Gasteiger partial charge is 0.245 e. The molecule has 1 aliphatic heterocycles. The molecular weight excluding hydrogens is 326 g/mol. The number of carbonyl (C=O) groups excluding carboxylic acids is 2. The minimum Gasteiger partial charge on any atom is -0.378 e. The fraction of sp³-hybridized carbons (Fsp3) is 0.643. The lowest BCUT2D eigenvalue weighted by Gasteiger charge is -2.26. The van der Waals surface area contributed by atoms with E-state index in [1.54, 1.807) is 0 Å². The first-order valence-corrected chi connectivity index (χ1v) is 7.91. The van der Waals surface area contributed by atoms with E-state index in [0.717, 1.165) is 12.1 Å². The number of hydrogen-bond donors (Lipinski definition) is 2. The minimum absolute atomic E-state index is 0. The van der Waals surface area contributed by atoms with Gasteiger partial charge in [0.2, 0.25) is 5.91 Å². The highest BCUT2D eigenvalue weighted by atomic mass is 35.5. The monoisotopic (exact) mass is 345 g/mol. The van der Waals surface area contributed by atoms with Crippen LogP contribution in [0.3, 0.4) is 0 Å². The van der Waals surface area contributed by atoms with Crippen LogP contribution in [0.1, 0.15) is 35.6 Å². The highest BCUT2D eigenvalue weighted by Gasteiger charge is 2.34. The van der Waals surface area contributed by atoms with Gasteiger partial charge in [-0.25, -0.2) is 4.98 Å². The number of nitrogens with zero attached hydrogens (tertiary/aromatic N) is 1. The summed E-state index contributed by atoms with van der Waals surface area (Å²) in [5.74, 6) is -0.0362. The number of anilines is 1. The molecule has 0 bridgehead atoms. The van der Waals surface area contributed by atoms with Gasteiger partial charge in [0.1, 0.15) is 6.04 Å². The quantitative estimate of drug-likeness (QED) is 0.851. The highest BCUT2D eigenvalue weighted by molar-refractivity contribution is 7.17. The van der Waals surface area contributed by atoms with Crippen LogP contribution < -0.4 is 10.6 Å². The molecule has 1 atom stereocenters. The normalized spacial score (nSPS) is 23.4. The standard InChI is InChI=1S/C14H19N3O3S.ClH/c1-14(2)5-8-11(10(18)6-14)21-13(16-8)17-12(19)9-7-20-4-3-15-9;/h9,15H,3-7H2,1-2H3,(H,16,17,19);1H. The largest absolute Gasteiger partial charge is 0.378 e. The minimum atomic E-state index is -0.355. The molecule has 3 rings (SSSR count). The molecule has 1 amide bonds. The number of fused-ring (bicyclic) bond motifs is 1. The Kier molecular flexibility index (Phi) is 5.21. The topological polar surface area (TPSA) is 80.3 Å². The van der Waals surface area contributed by atoms with Gasteiger partial charge < -0.3 is 15.4 Å². The summed E-state index contributed by atoms with van der Waals surface area (Å²) in [5.41, 5.74) is 0.752. The van der Waals surface area contributed by atoms with Crippen LogP contribution in [0.4, 0.5) is 5.13 Å². The van der Waals surface area contributed by atoms with E-state index in [2.05, 4.69) is 29.5 Å². The number of halogens is 1. The molecule has 2 heterocycles. The fourth-order valence-corrected chi connectivity index (χ4v) is 3.62. The maximum absolute atomic E-state index is 12.1. The molecule has 1 fully saturated rings. The van der Waals surface area contributed by atoms with Crippen LogP contribution in [0.5, 0.6) is 0 Å². The van der Waals surface area contributed by atoms with Crippen LogP contribution in [0.15, 0.2) is 0 Å². The summed E-state index contributed by atoms with van der Waals surface area (Å²) in [5, 5.41) is 6.39. The maximum atomic E-state index is 12.1. The maximum Gasteiger partial charge on any atom is 0.245 e. The van der Waals surface area contributed by atoms with Crippen molar-refractivity contribution in [3.8, 4) is 0 Å². The van der Waals surface area contributed by atoms with E-state index in [9.17, 15) is 9.59 Å². The number of ether oxygens (including phenoxy) is 1. The first kappa shape index (κ1) is 17.3. The zero-order valence-corrected chi connectivity index (χ0v) is 14.2. The predicted octanol–water partition coefficient (Wildman–Crippen LogP) is 1.65. The van der Waals surface area contributed by atoms with Crippen LogP contribution in [0, 0.1) is 5.41 Å². The van der Waals surface area contributed by atoms with Gasteiger partial charge in [-0.1, -0.05) is 25.2 Å². The number of thiazole rings is 1. The molecule has 1 saturated heterocycles. The van der Waals surface area contributed by atoms with E-state index in [1.165, 1.54) is 11.3 Å². The molecule has 0 spiro atoms. The van der Waals surface area contributed by atoms with Crippen molar-refractivity contribution in [2.45, 2.75) is 32.7 Å². The molecule has 8 heteroatoms. The van der Waals surface area contributed by atoms with Crippen molar-refractivity contribution in [1.29, 1.82) is 0 Å². The van der Waals surface area contributed by atoms with Gasteiger partial charge in [-0.15, -0.1) is 12.4 Å². The van der Waals surface area contributed by atoms with Crippen molar-refractivity contribution in [2.75, 3.05) is 25.1 Å². The lowest BCUT2D eigenvalue weighted by Crippen LogP contribution is -2.48. The first-order valence-electron chi connectivity index (χ1n) is 7.09. The molecule has 0 saturated carbocycles. The second-order valence-electron chi connectivity index (χ2n) is 6.31. The number of Topliss-reactive ketones (excluding diaryl/α,β-unsaturated/α-hetero) is 1. The Morgan fingerprint density at radius 3 is 2.91 bits per heavy atom. The van der Waals surface area contributed by atoms with Crippen molar-refractivity contribution < 1.29 is 14.3 Å². The summed E-state index contributed by atoms with van der Waals surface area (Å²) in [6.45, 7) is 5.78. The summed E-state index contributed by atoms with van der Waals surface area (Å²) in [6.07, 6.45) is 1.30. The molecule has 2 N–H and O–H groups in total. The third-order valence-electron chi connectivity index (χ3n) is 3.70. The van der Waals surface area contributed by atoms with Crippen LogP contribution >= 0.6 is 23.7 Å². The van der Waals surface area contributed by atoms with Crippen molar-refractivity contribution in [2.24, 2.45) is 5.41 Å². The summed E-state index contributed by atoms with van der Waals surface area (Å²) in [4.78, 5) is 29.4. The average molecular weight is 346 g/mol. The number of ketones is 1. The summed E-state index contributed by atoms with van der Waals surface area (Å²) in [6, 6.07) is -0.355. The van der Waals surface area contributed by atoms with Crippen molar-refractivity contribution in [1.82, 2.24) is 10.3 Å². The molecule has 122 valence electrons. The summed E-state index contributed by atoms with van der Waals surface area (Å²) in [7, 11) is 0. The lowest BCUT2D eigenvalue weighted by atomic mass is 9.78. The number of aromatic nitrogens is 1. The number of morpholine rings is 1. The van der Waals surface area contributed by atoms with E-state index < -0.39 is 0 Å². The highest BCUT2D eigenvalue weighted by Crippen LogP contribution is 2.38. The molecule has 1 aliphatic carbocycles. The Morgan fingerprint density at radius 2 is 2.23 bits per heavy atom. The Balaban J connectivity index is 0.00000176. The van der Waals surface area contributed by atoms with Crippen molar-refractivity contribution >= 4 is 40.6 Å². The van der Waals surface area contributed by atoms with E-state index in [0.29, 0.717) is 36.2 Å². The number of amides is 1. The first-order chi connectivity index (χ1) is 9.94. The molecule has 0 aromatic carbocycles. The average Bonchev–Trinajstić information content (AvgIpc) is 2.81. The van der Waals surface area contributed by atoms with E-state index in [4.69, 9.17) is 4.74 Å². The van der Waals surface area contributed by atoms with Crippen LogP contribution in [0.2, 0.25) is 0 Å². The molecule has 1 aromatic rings. The second kappa shape index (κ2) is 6.62. The molecule has 22 heavy (non-hydrogen) atoms. The molecule has 0 radical (unpaired) electrons. The number of rotatable bonds is 2. The van der Waals surface area contributed by atoms with Gasteiger partial charge in [0, 0.05) is 13.0 Å². The zero-order chi connectivity index (χ0) is 15.0. The Morgan fingerprint density at radius 1 is 1.45 bits per heavy atom. The fourth-order valence-electron chi connectivity index (χ4n) is 2.70. The van der Waals surface area contributed by atoms with Crippen LogP contribution in [-0.4, -0.2) is 42.5 Å². The summed E-state index contributed by atoms with van der Waals surface area (Å²) < 4.78 is 5.27. The molecule has 2 aliphatic rings. The summed E-state index contributed by atoms with van der Waals surface area (Å²) >= 11 is 1.28. The SMILES string of the molecule is CC1(C)CC(=O)c2sc(NC(=O)C3COCCN3)nc2C1.Cl. The molecule has 6 nitrogen and oxygen atoms in total. The van der Waals surface area contributed by atoms with E-state index in [-0.39, 0.29) is 35.6 Å². The van der Waals surface area contributed by atoms with Gasteiger partial charge in [-0.2, -0.15) is 0 Å².